The predicted molar refractivity (Wildman–Crippen MR) is 110 cm³/mol. The first kappa shape index (κ1) is 17.4. The number of hydrogen-bond acceptors (Lipinski definition) is 6. The Hall–Kier alpha value is -2.99. The second kappa shape index (κ2) is 7.32. The Labute approximate surface area is 159 Å². The van der Waals surface area contributed by atoms with Crippen molar-refractivity contribution in [3.63, 3.8) is 0 Å². The number of rotatable bonds is 3. The summed E-state index contributed by atoms with van der Waals surface area (Å²) in [6.45, 7) is 8.47. The van der Waals surface area contributed by atoms with Crippen molar-refractivity contribution in [1.82, 2.24) is 20.2 Å². The molecule has 6 heteroatoms. The smallest absolute Gasteiger partial charge is 0.230 e. The van der Waals surface area contributed by atoms with Crippen molar-refractivity contribution in [2.75, 3.05) is 18.7 Å². The van der Waals surface area contributed by atoms with Crippen LogP contribution in [0.3, 0.4) is 0 Å². The van der Waals surface area contributed by atoms with Crippen LogP contribution in [-0.2, 0) is 6.54 Å². The highest BCUT2D eigenvalue weighted by Crippen LogP contribution is 2.21. The van der Waals surface area contributed by atoms with E-state index in [4.69, 9.17) is 0 Å². The highest BCUT2D eigenvalue weighted by atomic mass is 15.4. The average molecular weight is 360 g/mol. The molecule has 0 unspecified atom stereocenters. The molecule has 2 aromatic carbocycles. The molecule has 6 nitrogen and oxygen atoms in total. The number of aliphatic imine (C=N–C) groups is 1. The van der Waals surface area contributed by atoms with Gasteiger partial charge in [-0.2, -0.15) is 0 Å². The maximum atomic E-state index is 4.66. The molecule has 0 saturated heterocycles. The Morgan fingerprint density at radius 3 is 2.56 bits per heavy atom. The standard InChI is InChI=1S/C21H24N6/c1-14-9-18-16(3)24-21(25-19(18)10-15(14)2)26-20-22-12-27(13-23-20)11-17-7-5-4-6-8-17/h4-10H,11-13H2,1-3H3,(H2,22,23,24,25,26). The molecule has 0 saturated carbocycles. The lowest BCUT2D eigenvalue weighted by Crippen LogP contribution is -2.45. The molecule has 0 aliphatic carbocycles. The van der Waals surface area contributed by atoms with Crippen molar-refractivity contribution in [2.45, 2.75) is 27.3 Å². The fraction of sp³-hybridized carbons (Fsp3) is 0.286. The lowest BCUT2D eigenvalue weighted by molar-refractivity contribution is 0.256. The van der Waals surface area contributed by atoms with Crippen molar-refractivity contribution in [1.29, 1.82) is 0 Å². The molecule has 2 N–H and O–H groups in total. The third kappa shape index (κ3) is 3.90. The topological polar surface area (TPSA) is 65.4 Å². The van der Waals surface area contributed by atoms with Gasteiger partial charge in [-0.1, -0.05) is 30.3 Å². The highest BCUT2D eigenvalue weighted by Gasteiger charge is 2.14. The third-order valence-electron chi connectivity index (χ3n) is 4.88. The minimum absolute atomic E-state index is 0.575. The predicted octanol–water partition coefficient (Wildman–Crippen LogP) is 3.34. The van der Waals surface area contributed by atoms with E-state index in [9.17, 15) is 0 Å². The van der Waals surface area contributed by atoms with Crippen LogP contribution in [-0.4, -0.2) is 34.2 Å². The van der Waals surface area contributed by atoms with Gasteiger partial charge in [0, 0.05) is 11.9 Å². The number of fused-ring (bicyclic) bond motifs is 1. The summed E-state index contributed by atoms with van der Waals surface area (Å²) in [5, 5.41) is 7.63. The SMILES string of the molecule is Cc1cc2nc(NC3=NCN(Cc4ccccc4)CN3)nc(C)c2cc1C. The summed E-state index contributed by atoms with van der Waals surface area (Å²) in [7, 11) is 0. The van der Waals surface area contributed by atoms with E-state index in [-0.39, 0.29) is 0 Å². The van der Waals surface area contributed by atoms with Gasteiger partial charge >= 0.3 is 0 Å². The van der Waals surface area contributed by atoms with E-state index < -0.39 is 0 Å². The van der Waals surface area contributed by atoms with Crippen molar-refractivity contribution >= 4 is 22.8 Å². The lowest BCUT2D eigenvalue weighted by Gasteiger charge is -2.26. The number of nitrogens with zero attached hydrogens (tertiary/aromatic N) is 4. The maximum absolute atomic E-state index is 4.66. The van der Waals surface area contributed by atoms with Gasteiger partial charge in [-0.05, 0) is 49.6 Å². The maximum Gasteiger partial charge on any atom is 0.230 e. The number of anilines is 1. The fourth-order valence-electron chi connectivity index (χ4n) is 3.20. The van der Waals surface area contributed by atoms with Crippen LogP contribution in [0.4, 0.5) is 5.95 Å². The Bertz CT molecular complexity index is 996. The van der Waals surface area contributed by atoms with Crippen LogP contribution in [0.2, 0.25) is 0 Å². The van der Waals surface area contributed by atoms with Crippen LogP contribution in [0.5, 0.6) is 0 Å². The van der Waals surface area contributed by atoms with Gasteiger partial charge in [0.1, 0.15) is 0 Å². The molecule has 4 rings (SSSR count). The largest absolute Gasteiger partial charge is 0.343 e. The van der Waals surface area contributed by atoms with Crippen LogP contribution in [0, 0.1) is 20.8 Å². The molecule has 27 heavy (non-hydrogen) atoms. The van der Waals surface area contributed by atoms with Crippen molar-refractivity contribution in [2.24, 2.45) is 4.99 Å². The molecule has 0 radical (unpaired) electrons. The van der Waals surface area contributed by atoms with Gasteiger partial charge in [0.25, 0.3) is 0 Å². The summed E-state index contributed by atoms with van der Waals surface area (Å²) in [4.78, 5) is 16.1. The second-order valence-electron chi connectivity index (χ2n) is 7.01. The molecule has 2 heterocycles. The van der Waals surface area contributed by atoms with E-state index >= 15 is 0 Å². The first-order valence-electron chi connectivity index (χ1n) is 9.16. The van der Waals surface area contributed by atoms with Gasteiger partial charge in [0.15, 0.2) is 0 Å². The minimum atomic E-state index is 0.575. The van der Waals surface area contributed by atoms with Crippen LogP contribution >= 0.6 is 0 Å². The quantitative estimate of drug-likeness (QED) is 0.750. The molecule has 0 bridgehead atoms. The fourth-order valence-corrected chi connectivity index (χ4v) is 3.20. The summed E-state index contributed by atoms with van der Waals surface area (Å²) in [6, 6.07) is 14.7. The Morgan fingerprint density at radius 1 is 1.04 bits per heavy atom. The Kier molecular flexibility index (Phi) is 4.73. The number of hydrogen-bond donors (Lipinski definition) is 2. The summed E-state index contributed by atoms with van der Waals surface area (Å²) in [5.74, 6) is 1.29. The molecule has 3 aromatic rings. The van der Waals surface area contributed by atoms with Crippen molar-refractivity contribution in [3.8, 4) is 0 Å². The number of aromatic nitrogens is 2. The van der Waals surface area contributed by atoms with Crippen LogP contribution in [0.25, 0.3) is 10.9 Å². The first-order chi connectivity index (χ1) is 13.1. The highest BCUT2D eigenvalue weighted by molar-refractivity contribution is 5.93. The Balaban J connectivity index is 1.47. The number of aryl methyl sites for hydroxylation is 3. The number of nitrogens with one attached hydrogen (secondary N) is 2. The first-order valence-corrected chi connectivity index (χ1v) is 9.16. The second-order valence-corrected chi connectivity index (χ2v) is 7.01. The van der Waals surface area contributed by atoms with Gasteiger partial charge in [0.05, 0.1) is 24.5 Å². The molecule has 0 amide bonds. The Morgan fingerprint density at radius 2 is 1.81 bits per heavy atom. The van der Waals surface area contributed by atoms with E-state index in [2.05, 4.69) is 80.7 Å². The van der Waals surface area contributed by atoms with Crippen LogP contribution < -0.4 is 10.6 Å². The van der Waals surface area contributed by atoms with Crippen molar-refractivity contribution < 1.29 is 0 Å². The van der Waals surface area contributed by atoms with E-state index in [1.165, 1.54) is 16.7 Å². The summed E-state index contributed by atoms with van der Waals surface area (Å²) in [6.07, 6.45) is 0. The molecule has 1 aromatic heterocycles. The van der Waals surface area contributed by atoms with Gasteiger partial charge in [-0.15, -0.1) is 0 Å². The normalized spacial score (nSPS) is 14.7. The zero-order valence-corrected chi connectivity index (χ0v) is 16.0. The summed E-state index contributed by atoms with van der Waals surface area (Å²) in [5.41, 5.74) is 5.69. The number of guanidine groups is 1. The van der Waals surface area contributed by atoms with E-state index in [1.54, 1.807) is 0 Å². The van der Waals surface area contributed by atoms with E-state index in [0.29, 0.717) is 18.6 Å². The molecule has 1 aliphatic rings. The van der Waals surface area contributed by atoms with Crippen LogP contribution in [0.1, 0.15) is 22.4 Å². The zero-order chi connectivity index (χ0) is 18.8. The minimum Gasteiger partial charge on any atom is -0.343 e. The third-order valence-corrected chi connectivity index (χ3v) is 4.88. The zero-order valence-electron chi connectivity index (χ0n) is 16.0. The van der Waals surface area contributed by atoms with Gasteiger partial charge < -0.3 is 5.32 Å². The van der Waals surface area contributed by atoms with Crippen LogP contribution in [0.15, 0.2) is 47.5 Å². The molecule has 0 spiro atoms. The van der Waals surface area contributed by atoms with E-state index in [0.717, 1.165) is 29.8 Å². The molecular weight excluding hydrogens is 336 g/mol. The molecule has 138 valence electrons. The number of benzene rings is 2. The van der Waals surface area contributed by atoms with Gasteiger partial charge in [-0.25, -0.2) is 15.0 Å². The summed E-state index contributed by atoms with van der Waals surface area (Å²) >= 11 is 0. The lowest BCUT2D eigenvalue weighted by atomic mass is 10.1. The van der Waals surface area contributed by atoms with Gasteiger partial charge in [0.2, 0.25) is 11.9 Å². The monoisotopic (exact) mass is 360 g/mol. The van der Waals surface area contributed by atoms with Gasteiger partial charge in [-0.3, -0.25) is 10.2 Å². The molecule has 1 aliphatic heterocycles. The molecule has 0 atom stereocenters. The molecule has 0 fully saturated rings. The van der Waals surface area contributed by atoms with E-state index in [1.807, 2.05) is 13.0 Å². The summed E-state index contributed by atoms with van der Waals surface area (Å²) < 4.78 is 0. The van der Waals surface area contributed by atoms with Crippen molar-refractivity contribution in [3.05, 3.63) is 64.8 Å². The average Bonchev–Trinajstić information content (AvgIpc) is 2.66. The molecular formula is C21H24N6.